The van der Waals surface area contributed by atoms with E-state index in [-0.39, 0.29) is 12.1 Å². The van der Waals surface area contributed by atoms with Crippen LogP contribution in [0.4, 0.5) is 5.69 Å². The summed E-state index contributed by atoms with van der Waals surface area (Å²) in [6.45, 7) is 5.89. The molecule has 0 bridgehead atoms. The number of carbonyl (C=O) groups excluding carboxylic acids is 1. The average Bonchev–Trinajstić information content (AvgIpc) is 3.06. The van der Waals surface area contributed by atoms with Crippen LogP contribution in [-0.4, -0.2) is 15.5 Å². The van der Waals surface area contributed by atoms with Gasteiger partial charge in [0.1, 0.15) is 11.4 Å². The summed E-state index contributed by atoms with van der Waals surface area (Å²) >= 11 is 13.6. The predicted octanol–water partition coefficient (Wildman–Crippen LogP) is 6.00. The van der Waals surface area contributed by atoms with E-state index in [1.165, 1.54) is 27.8 Å². The van der Waals surface area contributed by atoms with Crippen molar-refractivity contribution in [1.82, 2.24) is 9.55 Å². The first-order valence-electron chi connectivity index (χ1n) is 9.55. The number of amides is 1. The molecular formula is C23H19Cl2N3O2S. The minimum atomic E-state index is -0.396. The van der Waals surface area contributed by atoms with Crippen molar-refractivity contribution in [3.63, 3.8) is 0 Å². The Balaban J connectivity index is 1.72. The fourth-order valence-electron chi connectivity index (χ4n) is 3.43. The Morgan fingerprint density at radius 2 is 1.87 bits per heavy atom. The van der Waals surface area contributed by atoms with E-state index in [1.807, 2.05) is 26.0 Å². The van der Waals surface area contributed by atoms with Gasteiger partial charge in [-0.25, -0.2) is 4.98 Å². The van der Waals surface area contributed by atoms with Crippen LogP contribution in [0.15, 0.2) is 47.5 Å². The third kappa shape index (κ3) is 4.24. The Morgan fingerprint density at radius 3 is 2.61 bits per heavy atom. The zero-order chi connectivity index (χ0) is 22.3. The van der Waals surface area contributed by atoms with E-state index in [0.717, 1.165) is 21.6 Å². The lowest BCUT2D eigenvalue weighted by Crippen LogP contribution is -2.27. The molecule has 8 heteroatoms. The number of fused-ring (bicyclic) bond motifs is 1. The van der Waals surface area contributed by atoms with Gasteiger partial charge in [-0.2, -0.15) is 0 Å². The van der Waals surface area contributed by atoms with Crippen LogP contribution in [-0.2, 0) is 11.3 Å². The van der Waals surface area contributed by atoms with Gasteiger partial charge in [-0.3, -0.25) is 14.2 Å². The largest absolute Gasteiger partial charge is 0.323 e. The number of hydrogen-bond acceptors (Lipinski definition) is 4. The van der Waals surface area contributed by atoms with Gasteiger partial charge in [0, 0.05) is 15.5 Å². The number of aryl methyl sites for hydroxylation is 3. The van der Waals surface area contributed by atoms with Crippen LogP contribution in [0.1, 0.15) is 16.0 Å². The highest BCUT2D eigenvalue weighted by atomic mass is 35.5. The highest BCUT2D eigenvalue weighted by Crippen LogP contribution is 2.36. The summed E-state index contributed by atoms with van der Waals surface area (Å²) in [6, 6.07) is 10.9. The molecule has 5 nitrogen and oxygen atoms in total. The van der Waals surface area contributed by atoms with Gasteiger partial charge in [0.2, 0.25) is 5.91 Å². The molecule has 2 heterocycles. The summed E-state index contributed by atoms with van der Waals surface area (Å²) in [5.41, 5.74) is 4.32. The van der Waals surface area contributed by atoms with Crippen molar-refractivity contribution >= 4 is 56.3 Å². The molecule has 0 atom stereocenters. The minimum Gasteiger partial charge on any atom is -0.323 e. The molecule has 0 aliphatic rings. The van der Waals surface area contributed by atoms with Gasteiger partial charge in [0.25, 0.3) is 5.56 Å². The summed E-state index contributed by atoms with van der Waals surface area (Å²) in [5.74, 6) is -0.396. The van der Waals surface area contributed by atoms with Crippen LogP contribution >= 0.6 is 34.5 Å². The van der Waals surface area contributed by atoms with E-state index in [4.69, 9.17) is 23.2 Å². The minimum absolute atomic E-state index is 0.189. The number of benzene rings is 2. The molecular weight excluding hydrogens is 453 g/mol. The molecule has 0 unspecified atom stereocenters. The van der Waals surface area contributed by atoms with Crippen molar-refractivity contribution in [3.05, 3.63) is 79.1 Å². The molecule has 2 aromatic heterocycles. The molecule has 0 radical (unpaired) electrons. The number of rotatable bonds is 4. The molecule has 1 N–H and O–H groups in total. The van der Waals surface area contributed by atoms with Crippen LogP contribution in [0, 0.1) is 20.8 Å². The van der Waals surface area contributed by atoms with Crippen molar-refractivity contribution in [2.75, 3.05) is 5.32 Å². The molecule has 158 valence electrons. The normalized spacial score (nSPS) is 11.1. The first kappa shape index (κ1) is 21.6. The number of nitrogens with one attached hydrogen (secondary N) is 1. The van der Waals surface area contributed by atoms with E-state index in [9.17, 15) is 9.59 Å². The Hall–Kier alpha value is -2.67. The molecule has 31 heavy (non-hydrogen) atoms. The number of anilines is 1. The van der Waals surface area contributed by atoms with E-state index >= 15 is 0 Å². The summed E-state index contributed by atoms with van der Waals surface area (Å²) < 4.78 is 1.31. The number of carbonyl (C=O) groups is 1. The second-order valence-electron chi connectivity index (χ2n) is 7.36. The molecule has 2 aromatic carbocycles. The van der Waals surface area contributed by atoms with Crippen molar-refractivity contribution in [3.8, 4) is 11.1 Å². The number of halogens is 2. The Kier molecular flexibility index (Phi) is 5.88. The number of thiophene rings is 1. The lowest BCUT2D eigenvalue weighted by atomic mass is 9.99. The fourth-order valence-corrected chi connectivity index (χ4v) is 4.77. The Morgan fingerprint density at radius 1 is 1.10 bits per heavy atom. The maximum Gasteiger partial charge on any atom is 0.263 e. The molecule has 4 rings (SSSR count). The smallest absolute Gasteiger partial charge is 0.263 e. The first-order valence-corrected chi connectivity index (χ1v) is 11.1. The maximum absolute atomic E-state index is 13.3. The van der Waals surface area contributed by atoms with Gasteiger partial charge in [0.05, 0.1) is 22.4 Å². The molecule has 0 aliphatic heterocycles. The van der Waals surface area contributed by atoms with E-state index in [0.29, 0.717) is 25.9 Å². The Labute approximate surface area is 193 Å². The van der Waals surface area contributed by atoms with Gasteiger partial charge in [-0.05, 0) is 55.7 Å². The quantitative estimate of drug-likeness (QED) is 0.397. The fraction of sp³-hybridized carbons (Fsp3) is 0.174. The highest BCUT2D eigenvalue weighted by Gasteiger charge is 2.18. The molecule has 0 saturated carbocycles. The van der Waals surface area contributed by atoms with Gasteiger partial charge in [-0.15, -0.1) is 11.3 Å². The van der Waals surface area contributed by atoms with Crippen molar-refractivity contribution < 1.29 is 4.79 Å². The van der Waals surface area contributed by atoms with Crippen LogP contribution in [0.2, 0.25) is 10.0 Å². The topological polar surface area (TPSA) is 64.0 Å². The van der Waals surface area contributed by atoms with Crippen LogP contribution < -0.4 is 10.9 Å². The molecule has 0 spiro atoms. The molecule has 4 aromatic rings. The second kappa shape index (κ2) is 8.46. The van der Waals surface area contributed by atoms with Crippen LogP contribution in [0.5, 0.6) is 0 Å². The molecule has 0 fully saturated rings. The Bertz CT molecular complexity index is 1390. The van der Waals surface area contributed by atoms with Crippen molar-refractivity contribution in [2.45, 2.75) is 27.3 Å². The zero-order valence-electron chi connectivity index (χ0n) is 17.1. The number of hydrogen-bond donors (Lipinski definition) is 1. The maximum atomic E-state index is 13.3. The van der Waals surface area contributed by atoms with Gasteiger partial charge in [0.15, 0.2) is 0 Å². The van der Waals surface area contributed by atoms with Crippen molar-refractivity contribution in [2.24, 2.45) is 0 Å². The number of aromatic nitrogens is 2. The number of nitrogens with zero attached hydrogens (tertiary/aromatic N) is 2. The summed E-state index contributed by atoms with van der Waals surface area (Å²) in [7, 11) is 0. The first-order chi connectivity index (χ1) is 14.7. The summed E-state index contributed by atoms with van der Waals surface area (Å²) in [6.07, 6.45) is 1.41. The van der Waals surface area contributed by atoms with Gasteiger partial charge < -0.3 is 5.32 Å². The highest BCUT2D eigenvalue weighted by molar-refractivity contribution is 7.19. The second-order valence-corrected chi connectivity index (χ2v) is 9.41. The predicted molar refractivity (Wildman–Crippen MR) is 129 cm³/mol. The average molecular weight is 472 g/mol. The third-order valence-corrected chi connectivity index (χ3v) is 6.74. The van der Waals surface area contributed by atoms with Crippen LogP contribution in [0.3, 0.4) is 0 Å². The third-order valence-electron chi connectivity index (χ3n) is 5.17. The standard InChI is InChI=1S/C23H19Cl2N3O2S/c1-12-4-5-15(8-13(12)2)20-14(3)31-22-21(20)23(30)28(11-26-22)10-19(29)27-18-9-16(24)6-7-17(18)25/h4-9,11H,10H2,1-3H3,(H,27,29). The van der Waals surface area contributed by atoms with Crippen LogP contribution in [0.25, 0.3) is 21.3 Å². The van der Waals surface area contributed by atoms with E-state index in [2.05, 4.69) is 23.3 Å². The van der Waals surface area contributed by atoms with E-state index in [1.54, 1.807) is 18.2 Å². The SMILES string of the molecule is Cc1ccc(-c2c(C)sc3ncn(CC(=O)Nc4cc(Cl)ccc4Cl)c(=O)c23)cc1C. The zero-order valence-corrected chi connectivity index (χ0v) is 19.5. The van der Waals surface area contributed by atoms with Gasteiger partial charge >= 0.3 is 0 Å². The lowest BCUT2D eigenvalue weighted by molar-refractivity contribution is -0.116. The monoisotopic (exact) mass is 471 g/mol. The lowest BCUT2D eigenvalue weighted by Gasteiger charge is -2.10. The molecule has 0 saturated heterocycles. The summed E-state index contributed by atoms with van der Waals surface area (Å²) in [5, 5.41) is 4.04. The molecule has 0 aliphatic carbocycles. The van der Waals surface area contributed by atoms with Gasteiger partial charge in [-0.1, -0.05) is 41.4 Å². The van der Waals surface area contributed by atoms with Crippen molar-refractivity contribution in [1.29, 1.82) is 0 Å². The van der Waals surface area contributed by atoms with E-state index < -0.39 is 5.91 Å². The molecule has 1 amide bonds. The summed E-state index contributed by atoms with van der Waals surface area (Å²) in [4.78, 5) is 32.0.